The number of rotatable bonds is 6. The molecule has 4 rings (SSSR count). The van der Waals surface area contributed by atoms with Crippen LogP contribution < -0.4 is 9.64 Å². The van der Waals surface area contributed by atoms with Crippen molar-refractivity contribution in [2.75, 3.05) is 18.0 Å². The molecule has 3 nitrogen and oxygen atoms in total. The second-order valence-corrected chi connectivity index (χ2v) is 8.99. The van der Waals surface area contributed by atoms with Crippen molar-refractivity contribution in [3.05, 3.63) is 95.1 Å². The van der Waals surface area contributed by atoms with E-state index in [2.05, 4.69) is 4.74 Å². The number of hydrogen-bond acceptors (Lipinski definition) is 3. The molecule has 0 saturated heterocycles. The van der Waals surface area contributed by atoms with Crippen molar-refractivity contribution in [3.8, 4) is 5.75 Å². The molecule has 38 heavy (non-hydrogen) atoms. The molecule has 1 unspecified atom stereocenters. The highest BCUT2D eigenvalue weighted by Crippen LogP contribution is 2.48. The Balaban J connectivity index is 1.86. The summed E-state index contributed by atoms with van der Waals surface area (Å²) in [5.41, 5.74) is -1.41. The Hall–Kier alpha value is -3.41. The molecule has 0 amide bonds. The fourth-order valence-corrected chi connectivity index (χ4v) is 4.82. The first-order valence-corrected chi connectivity index (χ1v) is 11.2. The number of para-hydroxylation sites is 1. The largest absolute Gasteiger partial charge is 0.573 e. The van der Waals surface area contributed by atoms with Crippen LogP contribution in [-0.2, 0) is 18.0 Å². The van der Waals surface area contributed by atoms with Crippen molar-refractivity contribution < 1.29 is 49.4 Å². The average molecular weight is 549 g/mol. The lowest BCUT2D eigenvalue weighted by Gasteiger charge is -2.33. The fraction of sp³-hybridized carbons (Fsp3) is 0.308. The monoisotopic (exact) mass is 549 g/mol. The second-order valence-electron chi connectivity index (χ2n) is 8.99. The summed E-state index contributed by atoms with van der Waals surface area (Å²) in [6, 6.07) is 15.3. The van der Waals surface area contributed by atoms with E-state index in [1.54, 1.807) is 12.1 Å². The first-order valence-electron chi connectivity index (χ1n) is 11.2. The zero-order valence-electron chi connectivity index (χ0n) is 19.3. The molecule has 0 bridgehead atoms. The molecule has 2 atom stereocenters. The second kappa shape index (κ2) is 9.72. The number of aliphatic hydroxyl groups is 1. The summed E-state index contributed by atoms with van der Waals surface area (Å²) in [5, 5.41) is 9.76. The van der Waals surface area contributed by atoms with Gasteiger partial charge in [-0.15, -0.1) is 13.2 Å². The summed E-state index contributed by atoms with van der Waals surface area (Å²) in [4.78, 5) is 1.23. The van der Waals surface area contributed by atoms with Crippen molar-refractivity contribution in [1.82, 2.24) is 0 Å². The van der Waals surface area contributed by atoms with E-state index in [-0.39, 0.29) is 29.8 Å². The summed E-state index contributed by atoms with van der Waals surface area (Å²) < 4.78 is 123. The third kappa shape index (κ3) is 5.85. The van der Waals surface area contributed by atoms with Gasteiger partial charge in [-0.05, 0) is 47.4 Å². The van der Waals surface area contributed by atoms with E-state index in [0.717, 1.165) is 24.3 Å². The normalized spacial score (nSPS) is 18.8. The molecule has 0 aromatic heterocycles. The van der Waals surface area contributed by atoms with Crippen LogP contribution in [0.5, 0.6) is 5.75 Å². The van der Waals surface area contributed by atoms with E-state index < -0.39 is 48.1 Å². The highest BCUT2D eigenvalue weighted by atomic mass is 19.4. The van der Waals surface area contributed by atoms with Gasteiger partial charge in [0.2, 0.25) is 0 Å². The van der Waals surface area contributed by atoms with Crippen LogP contribution in [-0.4, -0.2) is 36.8 Å². The first-order chi connectivity index (χ1) is 17.6. The quantitative estimate of drug-likeness (QED) is 0.341. The average Bonchev–Trinajstić information content (AvgIpc) is 3.11. The lowest BCUT2D eigenvalue weighted by molar-refractivity contribution is -0.274. The third-order valence-electron chi connectivity index (χ3n) is 6.37. The van der Waals surface area contributed by atoms with Crippen molar-refractivity contribution in [1.29, 1.82) is 0 Å². The van der Waals surface area contributed by atoms with Crippen LogP contribution in [0.1, 0.15) is 22.3 Å². The molecule has 1 aliphatic rings. The van der Waals surface area contributed by atoms with Crippen molar-refractivity contribution in [3.63, 3.8) is 0 Å². The number of hydrogen-bond donors (Lipinski definition) is 1. The zero-order valence-corrected chi connectivity index (χ0v) is 19.3. The SMILES string of the molecule is O[C@H](CN1CC(Cc2cccc(OC(F)(F)F)c2)(c2cccc(C(F)(F)F)c2)c2ccccc21)C(F)(F)F. The minimum atomic E-state index is -4.98. The molecule has 0 fully saturated rings. The van der Waals surface area contributed by atoms with Crippen molar-refractivity contribution in [2.24, 2.45) is 0 Å². The molecule has 3 aromatic rings. The van der Waals surface area contributed by atoms with Crippen LogP contribution in [0.2, 0.25) is 0 Å². The molecule has 1 N–H and O–H groups in total. The van der Waals surface area contributed by atoms with Crippen LogP contribution in [0, 0.1) is 0 Å². The predicted octanol–water partition coefficient (Wildman–Crippen LogP) is 6.88. The topological polar surface area (TPSA) is 32.7 Å². The number of nitrogens with zero attached hydrogens (tertiary/aromatic N) is 1. The Morgan fingerprint density at radius 1 is 0.842 bits per heavy atom. The lowest BCUT2D eigenvalue weighted by atomic mass is 9.71. The Labute approximate surface area is 211 Å². The lowest BCUT2D eigenvalue weighted by Crippen LogP contribution is -2.44. The fourth-order valence-electron chi connectivity index (χ4n) is 4.82. The molecule has 0 radical (unpaired) electrons. The van der Waals surface area contributed by atoms with Crippen molar-refractivity contribution >= 4 is 5.69 Å². The molecule has 3 aromatic carbocycles. The van der Waals surface area contributed by atoms with E-state index in [9.17, 15) is 44.6 Å². The standard InChI is InChI=1S/C26H20F9NO2/c27-24(28,29)18-7-4-6-17(12-18)23(13-16-5-3-8-19(11-16)38-26(33,34)35)15-36(14-22(37)25(30,31)32)21-10-2-1-9-20(21)23/h1-12,22,37H,13-15H2/t22-,23?/m1/s1. The molecule has 12 heteroatoms. The van der Waals surface area contributed by atoms with Crippen LogP contribution in [0.25, 0.3) is 0 Å². The number of aliphatic hydroxyl groups excluding tert-OH is 1. The van der Waals surface area contributed by atoms with Gasteiger partial charge in [-0.2, -0.15) is 26.3 Å². The molecule has 0 spiro atoms. The summed E-state index contributed by atoms with van der Waals surface area (Å²) in [5.74, 6) is -0.551. The predicted molar refractivity (Wildman–Crippen MR) is 120 cm³/mol. The summed E-state index contributed by atoms with van der Waals surface area (Å²) in [7, 11) is 0. The van der Waals surface area contributed by atoms with E-state index in [0.29, 0.717) is 5.56 Å². The van der Waals surface area contributed by atoms with Gasteiger partial charge < -0.3 is 14.7 Å². The molecule has 1 aliphatic heterocycles. The maximum atomic E-state index is 13.6. The van der Waals surface area contributed by atoms with Crippen LogP contribution in [0.3, 0.4) is 0 Å². The zero-order chi connectivity index (χ0) is 27.9. The van der Waals surface area contributed by atoms with Crippen LogP contribution in [0.15, 0.2) is 72.8 Å². The Kier molecular flexibility index (Phi) is 7.06. The summed E-state index contributed by atoms with van der Waals surface area (Å²) >= 11 is 0. The van der Waals surface area contributed by atoms with E-state index >= 15 is 0 Å². The molecular weight excluding hydrogens is 529 g/mol. The maximum Gasteiger partial charge on any atom is 0.573 e. The van der Waals surface area contributed by atoms with Gasteiger partial charge in [0.1, 0.15) is 5.75 Å². The van der Waals surface area contributed by atoms with E-state index in [1.807, 2.05) is 0 Å². The number of benzene rings is 3. The number of ether oxygens (including phenoxy) is 1. The molecule has 204 valence electrons. The van der Waals surface area contributed by atoms with Crippen LogP contribution in [0.4, 0.5) is 45.2 Å². The maximum absolute atomic E-state index is 13.6. The molecule has 0 aliphatic carbocycles. The highest BCUT2D eigenvalue weighted by Gasteiger charge is 2.48. The van der Waals surface area contributed by atoms with E-state index in [1.165, 1.54) is 41.3 Å². The highest BCUT2D eigenvalue weighted by molar-refractivity contribution is 5.67. The van der Waals surface area contributed by atoms with Crippen molar-refractivity contribution in [2.45, 2.75) is 36.7 Å². The van der Waals surface area contributed by atoms with Gasteiger partial charge in [0.05, 0.1) is 12.1 Å². The number of anilines is 1. The first kappa shape index (κ1) is 27.6. The van der Waals surface area contributed by atoms with Gasteiger partial charge in [0, 0.05) is 17.6 Å². The Bertz CT molecular complexity index is 1290. The Morgan fingerprint density at radius 3 is 2.18 bits per heavy atom. The third-order valence-corrected chi connectivity index (χ3v) is 6.37. The summed E-state index contributed by atoms with van der Waals surface area (Å²) in [6.45, 7) is -1.16. The number of alkyl halides is 9. The van der Waals surface area contributed by atoms with Gasteiger partial charge in [0.15, 0.2) is 6.10 Å². The van der Waals surface area contributed by atoms with Gasteiger partial charge in [0.25, 0.3) is 0 Å². The smallest absolute Gasteiger partial charge is 0.406 e. The van der Waals surface area contributed by atoms with E-state index in [4.69, 9.17) is 0 Å². The number of β-amino-alcohol motifs (C(OH)–C–C–N with tert-alkyl or cyclic N) is 1. The number of halogens is 9. The Morgan fingerprint density at radius 2 is 1.53 bits per heavy atom. The van der Waals surface area contributed by atoms with Gasteiger partial charge in [-0.1, -0.05) is 48.5 Å². The van der Waals surface area contributed by atoms with Crippen LogP contribution >= 0.6 is 0 Å². The minimum Gasteiger partial charge on any atom is -0.406 e. The molecule has 1 heterocycles. The number of fused-ring (bicyclic) bond motifs is 1. The van der Waals surface area contributed by atoms with Gasteiger partial charge >= 0.3 is 18.7 Å². The molecular formula is C26H20F9NO2. The van der Waals surface area contributed by atoms with Gasteiger partial charge in [-0.25, -0.2) is 0 Å². The van der Waals surface area contributed by atoms with Gasteiger partial charge in [-0.3, -0.25) is 0 Å². The summed E-state index contributed by atoms with van der Waals surface area (Å²) in [6.07, 6.45) is -17.6. The minimum absolute atomic E-state index is 0.103. The molecule has 0 saturated carbocycles.